The Kier molecular flexibility index (Phi) is 7.12. The molecule has 22 heavy (non-hydrogen) atoms. The number of rotatable bonds is 7. The number of carboxylic acid groups (broad SMARTS) is 1. The van der Waals surface area contributed by atoms with Crippen LogP contribution in [0.25, 0.3) is 0 Å². The van der Waals surface area contributed by atoms with Gasteiger partial charge in [-0.25, -0.2) is 4.79 Å². The molecule has 0 spiro atoms. The quantitative estimate of drug-likeness (QED) is 0.328. The fraction of sp³-hybridized carbons (Fsp3) is 0.667. The standard InChI is InChI=1S/C12H20N4O5S/c13-4-9(17)14-5-10(18)15-7(6-22)11(19)16-3-1-2-8(16)12(20)21/h7-8,22H,1-6,13H2,(H,14,17)(H,15,18)(H,20,21). The molecule has 1 aliphatic heterocycles. The Morgan fingerprint density at radius 2 is 2.00 bits per heavy atom. The third kappa shape index (κ3) is 4.88. The molecule has 3 amide bonds. The number of carbonyl (C=O) groups excluding carboxylic acids is 3. The van der Waals surface area contributed by atoms with Gasteiger partial charge in [0.15, 0.2) is 0 Å². The number of carbonyl (C=O) groups is 4. The summed E-state index contributed by atoms with van der Waals surface area (Å²) in [5.41, 5.74) is 5.09. The Morgan fingerprint density at radius 3 is 2.55 bits per heavy atom. The first-order valence-corrected chi connectivity index (χ1v) is 7.44. The number of likely N-dealkylation sites (tertiary alicyclic amines) is 1. The highest BCUT2D eigenvalue weighted by Crippen LogP contribution is 2.18. The highest BCUT2D eigenvalue weighted by molar-refractivity contribution is 7.80. The molecule has 2 unspecified atom stereocenters. The van der Waals surface area contributed by atoms with Crippen molar-refractivity contribution in [1.29, 1.82) is 0 Å². The maximum Gasteiger partial charge on any atom is 0.326 e. The van der Waals surface area contributed by atoms with Crippen LogP contribution in [-0.2, 0) is 19.2 Å². The molecule has 0 aromatic heterocycles. The summed E-state index contributed by atoms with van der Waals surface area (Å²) >= 11 is 4.01. The minimum absolute atomic E-state index is 0.0260. The molecule has 0 aromatic carbocycles. The molecule has 0 aliphatic carbocycles. The third-order valence-corrected chi connectivity index (χ3v) is 3.63. The molecular formula is C12H20N4O5S. The molecule has 9 nitrogen and oxygen atoms in total. The summed E-state index contributed by atoms with van der Waals surface area (Å²) in [5.74, 6) is -2.59. The van der Waals surface area contributed by atoms with Gasteiger partial charge in [0.25, 0.3) is 0 Å². The SMILES string of the molecule is NCC(=O)NCC(=O)NC(CS)C(=O)N1CCCC1C(=O)O. The molecule has 1 saturated heterocycles. The lowest BCUT2D eigenvalue weighted by Gasteiger charge is -2.26. The fourth-order valence-corrected chi connectivity index (χ4v) is 2.42. The molecule has 1 heterocycles. The predicted molar refractivity (Wildman–Crippen MR) is 80.2 cm³/mol. The molecule has 0 bridgehead atoms. The van der Waals surface area contributed by atoms with Crippen LogP contribution in [-0.4, -0.2) is 71.2 Å². The Hall–Kier alpha value is -1.81. The van der Waals surface area contributed by atoms with Crippen LogP contribution >= 0.6 is 12.6 Å². The number of amides is 3. The second kappa shape index (κ2) is 8.59. The monoisotopic (exact) mass is 332 g/mol. The van der Waals surface area contributed by atoms with E-state index in [9.17, 15) is 19.2 Å². The van der Waals surface area contributed by atoms with Crippen molar-refractivity contribution in [3.63, 3.8) is 0 Å². The third-order valence-electron chi connectivity index (χ3n) is 3.27. The Balaban J connectivity index is 2.59. The summed E-state index contributed by atoms with van der Waals surface area (Å²) in [7, 11) is 0. The molecule has 0 aromatic rings. The van der Waals surface area contributed by atoms with Gasteiger partial charge in [0.1, 0.15) is 12.1 Å². The number of hydrogen-bond donors (Lipinski definition) is 5. The van der Waals surface area contributed by atoms with E-state index in [1.54, 1.807) is 0 Å². The minimum Gasteiger partial charge on any atom is -0.480 e. The number of nitrogens with zero attached hydrogens (tertiary/aromatic N) is 1. The summed E-state index contributed by atoms with van der Waals surface area (Å²) in [5, 5.41) is 13.8. The van der Waals surface area contributed by atoms with Crippen LogP contribution < -0.4 is 16.4 Å². The van der Waals surface area contributed by atoms with E-state index < -0.39 is 35.8 Å². The number of carboxylic acids is 1. The van der Waals surface area contributed by atoms with Gasteiger partial charge >= 0.3 is 5.97 Å². The van der Waals surface area contributed by atoms with Gasteiger partial charge in [-0.15, -0.1) is 0 Å². The number of thiol groups is 1. The zero-order valence-corrected chi connectivity index (χ0v) is 12.8. The van der Waals surface area contributed by atoms with Crippen LogP contribution in [0.3, 0.4) is 0 Å². The van der Waals surface area contributed by atoms with Gasteiger partial charge in [-0.2, -0.15) is 12.6 Å². The van der Waals surface area contributed by atoms with E-state index in [-0.39, 0.29) is 18.8 Å². The molecule has 5 N–H and O–H groups in total. The van der Waals surface area contributed by atoms with E-state index >= 15 is 0 Å². The van der Waals surface area contributed by atoms with E-state index in [0.29, 0.717) is 19.4 Å². The maximum absolute atomic E-state index is 12.3. The highest BCUT2D eigenvalue weighted by Gasteiger charge is 2.37. The first-order valence-electron chi connectivity index (χ1n) is 6.81. The molecule has 124 valence electrons. The van der Waals surface area contributed by atoms with E-state index in [1.807, 2.05) is 0 Å². The summed E-state index contributed by atoms with van der Waals surface area (Å²) in [6.07, 6.45) is 0.989. The first-order chi connectivity index (χ1) is 10.4. The van der Waals surface area contributed by atoms with Crippen molar-refractivity contribution in [1.82, 2.24) is 15.5 Å². The normalized spacial score (nSPS) is 18.6. The average Bonchev–Trinajstić information content (AvgIpc) is 2.99. The minimum atomic E-state index is -1.06. The lowest BCUT2D eigenvalue weighted by molar-refractivity contribution is -0.149. The van der Waals surface area contributed by atoms with Gasteiger partial charge in [0, 0.05) is 12.3 Å². The summed E-state index contributed by atoms with van der Waals surface area (Å²) < 4.78 is 0. The molecule has 2 atom stereocenters. The Bertz CT molecular complexity index is 459. The van der Waals surface area contributed by atoms with Gasteiger partial charge in [0.05, 0.1) is 13.1 Å². The van der Waals surface area contributed by atoms with Gasteiger partial charge in [-0.1, -0.05) is 0 Å². The van der Waals surface area contributed by atoms with Crippen molar-refractivity contribution in [2.24, 2.45) is 5.73 Å². The van der Waals surface area contributed by atoms with Gasteiger partial charge in [0.2, 0.25) is 17.7 Å². The number of nitrogens with two attached hydrogens (primary N) is 1. The van der Waals surface area contributed by atoms with Gasteiger partial charge in [-0.05, 0) is 12.8 Å². The van der Waals surface area contributed by atoms with Crippen LogP contribution in [0.5, 0.6) is 0 Å². The van der Waals surface area contributed by atoms with Crippen molar-refractivity contribution in [3.05, 3.63) is 0 Å². The van der Waals surface area contributed by atoms with Crippen LogP contribution in [0.15, 0.2) is 0 Å². The lowest BCUT2D eigenvalue weighted by Crippen LogP contribution is -2.54. The second-order valence-corrected chi connectivity index (χ2v) is 5.18. The summed E-state index contributed by atoms with van der Waals surface area (Å²) in [4.78, 5) is 47.3. The summed E-state index contributed by atoms with van der Waals surface area (Å²) in [6.45, 7) is -0.216. The van der Waals surface area contributed by atoms with Crippen molar-refractivity contribution in [2.45, 2.75) is 24.9 Å². The molecule has 1 aliphatic rings. The van der Waals surface area contributed by atoms with Crippen molar-refractivity contribution in [2.75, 3.05) is 25.4 Å². The second-order valence-electron chi connectivity index (χ2n) is 4.81. The van der Waals surface area contributed by atoms with Crippen molar-refractivity contribution < 1.29 is 24.3 Å². The van der Waals surface area contributed by atoms with Gasteiger partial charge in [-0.3, -0.25) is 14.4 Å². The molecule has 10 heteroatoms. The number of nitrogens with one attached hydrogen (secondary N) is 2. The fourth-order valence-electron chi connectivity index (χ4n) is 2.17. The van der Waals surface area contributed by atoms with E-state index in [1.165, 1.54) is 4.90 Å². The molecule has 0 saturated carbocycles. The predicted octanol–water partition coefficient (Wildman–Crippen LogP) is -2.45. The average molecular weight is 332 g/mol. The first kappa shape index (κ1) is 18.2. The van der Waals surface area contributed by atoms with Crippen molar-refractivity contribution >= 4 is 36.3 Å². The molecule has 0 radical (unpaired) electrons. The number of hydrogen-bond acceptors (Lipinski definition) is 6. The lowest BCUT2D eigenvalue weighted by atomic mass is 10.2. The van der Waals surface area contributed by atoms with Crippen molar-refractivity contribution in [3.8, 4) is 0 Å². The van der Waals surface area contributed by atoms with Crippen LogP contribution in [0.4, 0.5) is 0 Å². The Labute approximate surface area is 133 Å². The molecular weight excluding hydrogens is 312 g/mol. The summed E-state index contributed by atoms with van der Waals surface area (Å²) in [6, 6.07) is -1.81. The molecule has 1 fully saturated rings. The van der Waals surface area contributed by atoms with Crippen LogP contribution in [0.2, 0.25) is 0 Å². The largest absolute Gasteiger partial charge is 0.480 e. The van der Waals surface area contributed by atoms with E-state index in [4.69, 9.17) is 10.8 Å². The Morgan fingerprint density at radius 1 is 1.32 bits per heavy atom. The zero-order chi connectivity index (χ0) is 16.7. The van der Waals surface area contributed by atoms with Crippen LogP contribution in [0.1, 0.15) is 12.8 Å². The highest BCUT2D eigenvalue weighted by atomic mass is 32.1. The molecule has 1 rings (SSSR count). The topological polar surface area (TPSA) is 142 Å². The van der Waals surface area contributed by atoms with E-state index in [2.05, 4.69) is 23.3 Å². The number of aliphatic carboxylic acids is 1. The smallest absolute Gasteiger partial charge is 0.326 e. The zero-order valence-electron chi connectivity index (χ0n) is 11.9. The maximum atomic E-state index is 12.3. The van der Waals surface area contributed by atoms with E-state index in [0.717, 1.165) is 0 Å². The van der Waals surface area contributed by atoms with Crippen LogP contribution in [0, 0.1) is 0 Å². The van der Waals surface area contributed by atoms with Gasteiger partial charge < -0.3 is 26.4 Å².